The summed E-state index contributed by atoms with van der Waals surface area (Å²) in [5.41, 5.74) is 1.71. The maximum absolute atomic E-state index is 11.6. The van der Waals surface area contributed by atoms with Crippen molar-refractivity contribution < 1.29 is 9.90 Å². The summed E-state index contributed by atoms with van der Waals surface area (Å²) >= 11 is 0. The van der Waals surface area contributed by atoms with E-state index in [2.05, 4.69) is 30.8 Å². The van der Waals surface area contributed by atoms with Crippen molar-refractivity contribution in [3.05, 3.63) is 35.8 Å². The van der Waals surface area contributed by atoms with E-state index < -0.39 is 6.09 Å². The fraction of sp³-hybridized carbons (Fsp3) is 0.476. The Kier molecular flexibility index (Phi) is 4.07. The largest absolute Gasteiger partial charge is 0.465 e. The van der Waals surface area contributed by atoms with Crippen molar-refractivity contribution in [2.24, 2.45) is 0 Å². The second kappa shape index (κ2) is 6.55. The summed E-state index contributed by atoms with van der Waals surface area (Å²) in [6, 6.07) is 5.57. The van der Waals surface area contributed by atoms with Gasteiger partial charge in [-0.25, -0.2) is 19.7 Å². The van der Waals surface area contributed by atoms with Crippen LogP contribution in [0.15, 0.2) is 24.7 Å². The molecule has 0 radical (unpaired) electrons. The lowest BCUT2D eigenvalue weighted by atomic mass is 9.98. The highest BCUT2D eigenvalue weighted by Gasteiger charge is 2.56. The summed E-state index contributed by atoms with van der Waals surface area (Å²) in [7, 11) is 0. The third kappa shape index (κ3) is 2.75. The highest BCUT2D eigenvalue weighted by molar-refractivity contribution is 5.76. The molecule has 9 heteroatoms. The second-order valence-corrected chi connectivity index (χ2v) is 8.56. The van der Waals surface area contributed by atoms with E-state index in [1.54, 1.807) is 24.7 Å². The Morgan fingerprint density at radius 3 is 2.67 bits per heavy atom. The smallest absolute Gasteiger partial charge is 0.407 e. The number of anilines is 3. The highest BCUT2D eigenvalue weighted by Crippen LogP contribution is 2.59. The Hall–Kier alpha value is -3.41. The van der Waals surface area contributed by atoms with E-state index in [0.717, 1.165) is 42.4 Å². The molecule has 2 aromatic rings. The van der Waals surface area contributed by atoms with Crippen LogP contribution < -0.4 is 9.80 Å². The summed E-state index contributed by atoms with van der Waals surface area (Å²) in [6.07, 6.45) is 4.48. The third-order valence-electron chi connectivity index (χ3n) is 6.56. The Bertz CT molecular complexity index is 1060. The summed E-state index contributed by atoms with van der Waals surface area (Å²) < 4.78 is 0. The van der Waals surface area contributed by atoms with Gasteiger partial charge in [0.1, 0.15) is 23.8 Å². The van der Waals surface area contributed by atoms with Crippen LogP contribution >= 0.6 is 0 Å². The van der Waals surface area contributed by atoms with Crippen molar-refractivity contribution in [2.45, 2.75) is 44.2 Å². The van der Waals surface area contributed by atoms with Crippen LogP contribution in [0.4, 0.5) is 22.2 Å². The minimum absolute atomic E-state index is 0.00312. The van der Waals surface area contributed by atoms with E-state index in [9.17, 15) is 15.2 Å². The monoisotopic (exact) mass is 405 g/mol. The van der Waals surface area contributed by atoms with Gasteiger partial charge in [0.25, 0.3) is 0 Å². The SMILES string of the molecule is CC1CN(c2ncnc3c2C2(CC2)CN3c2cc(C#N)ccn2)[C@@H](C)CN1C(=O)O. The lowest BCUT2D eigenvalue weighted by Crippen LogP contribution is -2.58. The second-order valence-electron chi connectivity index (χ2n) is 8.56. The van der Waals surface area contributed by atoms with Crippen LogP contribution in [0.2, 0.25) is 0 Å². The fourth-order valence-electron chi connectivity index (χ4n) is 4.79. The molecular weight excluding hydrogens is 382 g/mol. The third-order valence-corrected chi connectivity index (χ3v) is 6.56. The van der Waals surface area contributed by atoms with Gasteiger partial charge in [-0.15, -0.1) is 0 Å². The number of amides is 1. The molecule has 1 unspecified atom stereocenters. The molecular formula is C21H23N7O2. The fourth-order valence-corrected chi connectivity index (χ4v) is 4.79. The number of carbonyl (C=O) groups is 1. The summed E-state index contributed by atoms with van der Waals surface area (Å²) in [4.78, 5) is 31.1. The van der Waals surface area contributed by atoms with Crippen molar-refractivity contribution >= 4 is 23.5 Å². The van der Waals surface area contributed by atoms with E-state index >= 15 is 0 Å². The predicted molar refractivity (Wildman–Crippen MR) is 110 cm³/mol. The number of piperazine rings is 1. The quantitative estimate of drug-likeness (QED) is 0.812. The molecule has 1 aliphatic carbocycles. The maximum atomic E-state index is 11.6. The predicted octanol–water partition coefficient (Wildman–Crippen LogP) is 2.50. The number of pyridine rings is 1. The van der Waals surface area contributed by atoms with Gasteiger partial charge in [0.15, 0.2) is 0 Å². The van der Waals surface area contributed by atoms with E-state index in [0.29, 0.717) is 18.7 Å². The van der Waals surface area contributed by atoms with Gasteiger partial charge >= 0.3 is 6.09 Å². The van der Waals surface area contributed by atoms with Gasteiger partial charge in [-0.3, -0.25) is 0 Å². The zero-order valence-electron chi connectivity index (χ0n) is 17.0. The number of nitriles is 1. The first-order valence-corrected chi connectivity index (χ1v) is 10.2. The standard InChI is InChI=1S/C21H23N7O2/c1-13-10-27(20(29)30)14(2)9-26(13)18-17-19(25-12-24-18)28(11-21(17)4-5-21)16-7-15(8-22)3-6-23-16/h3,6-7,12-14H,4-5,9-11H2,1-2H3,(H,29,30)/t13-,14?/m0/s1. The molecule has 1 saturated carbocycles. The van der Waals surface area contributed by atoms with Gasteiger partial charge in [-0.2, -0.15) is 5.26 Å². The van der Waals surface area contributed by atoms with E-state index in [4.69, 9.17) is 0 Å². The number of fused-ring (bicyclic) bond motifs is 2. The van der Waals surface area contributed by atoms with Crippen LogP contribution in [0.25, 0.3) is 0 Å². The first-order chi connectivity index (χ1) is 14.4. The maximum Gasteiger partial charge on any atom is 0.407 e. The lowest BCUT2D eigenvalue weighted by Gasteiger charge is -2.44. The minimum Gasteiger partial charge on any atom is -0.465 e. The van der Waals surface area contributed by atoms with Crippen LogP contribution in [0.5, 0.6) is 0 Å². The number of nitrogens with zero attached hydrogens (tertiary/aromatic N) is 7. The topological polar surface area (TPSA) is 109 Å². The molecule has 30 heavy (non-hydrogen) atoms. The molecule has 0 aromatic carbocycles. The van der Waals surface area contributed by atoms with Gasteiger partial charge in [0.05, 0.1) is 11.6 Å². The molecule has 1 N–H and O–H groups in total. The molecule has 3 aliphatic rings. The molecule has 9 nitrogen and oxygen atoms in total. The van der Waals surface area contributed by atoms with Gasteiger partial charge < -0.3 is 19.8 Å². The lowest BCUT2D eigenvalue weighted by molar-refractivity contribution is 0.114. The Morgan fingerprint density at radius 1 is 1.20 bits per heavy atom. The number of carboxylic acid groups (broad SMARTS) is 1. The molecule has 154 valence electrons. The first-order valence-electron chi connectivity index (χ1n) is 10.2. The van der Waals surface area contributed by atoms with Crippen LogP contribution in [-0.4, -0.2) is 62.8 Å². The van der Waals surface area contributed by atoms with Crippen molar-refractivity contribution in [3.8, 4) is 6.07 Å². The van der Waals surface area contributed by atoms with Crippen molar-refractivity contribution in [2.75, 3.05) is 29.4 Å². The van der Waals surface area contributed by atoms with Crippen molar-refractivity contribution in [1.29, 1.82) is 5.26 Å². The molecule has 4 heterocycles. The number of rotatable bonds is 2. The van der Waals surface area contributed by atoms with E-state index in [-0.39, 0.29) is 17.5 Å². The van der Waals surface area contributed by atoms with Crippen LogP contribution in [-0.2, 0) is 5.41 Å². The molecule has 1 amide bonds. The average Bonchev–Trinajstić information content (AvgIpc) is 3.45. The molecule has 1 saturated heterocycles. The highest BCUT2D eigenvalue weighted by atomic mass is 16.4. The first kappa shape index (κ1) is 18.6. The normalized spacial score (nSPS) is 24.0. The zero-order valence-corrected chi connectivity index (χ0v) is 17.0. The summed E-state index contributed by atoms with van der Waals surface area (Å²) in [5.74, 6) is 2.47. The number of hydrogen-bond acceptors (Lipinski definition) is 7. The van der Waals surface area contributed by atoms with E-state index in [1.807, 2.05) is 13.8 Å². The molecule has 1 spiro atoms. The van der Waals surface area contributed by atoms with E-state index in [1.165, 1.54) is 4.90 Å². The molecule has 2 atom stereocenters. The Morgan fingerprint density at radius 2 is 1.97 bits per heavy atom. The number of aromatic nitrogens is 3. The molecule has 2 aliphatic heterocycles. The molecule has 5 rings (SSSR count). The average molecular weight is 405 g/mol. The Labute approximate surface area is 174 Å². The molecule has 2 fully saturated rings. The van der Waals surface area contributed by atoms with Crippen molar-refractivity contribution in [1.82, 2.24) is 19.9 Å². The molecule has 0 bridgehead atoms. The minimum atomic E-state index is -0.879. The van der Waals surface area contributed by atoms with Crippen LogP contribution in [0.3, 0.4) is 0 Å². The van der Waals surface area contributed by atoms with Crippen LogP contribution in [0.1, 0.15) is 37.8 Å². The van der Waals surface area contributed by atoms with Gasteiger partial charge in [0, 0.05) is 48.9 Å². The van der Waals surface area contributed by atoms with Gasteiger partial charge in [-0.05, 0) is 38.8 Å². The van der Waals surface area contributed by atoms with Gasteiger partial charge in [0.2, 0.25) is 0 Å². The molecule has 2 aromatic heterocycles. The van der Waals surface area contributed by atoms with Crippen molar-refractivity contribution in [3.63, 3.8) is 0 Å². The summed E-state index contributed by atoms with van der Waals surface area (Å²) in [6.45, 7) is 5.79. The number of hydrogen-bond donors (Lipinski definition) is 1. The Balaban J connectivity index is 1.56. The summed E-state index contributed by atoms with van der Waals surface area (Å²) in [5, 5.41) is 18.7. The zero-order chi connectivity index (χ0) is 21.0. The van der Waals surface area contributed by atoms with Crippen LogP contribution in [0, 0.1) is 11.3 Å². The van der Waals surface area contributed by atoms with Gasteiger partial charge in [-0.1, -0.05) is 0 Å².